The Hall–Kier alpha value is -0.490. The summed E-state index contributed by atoms with van der Waals surface area (Å²) in [7, 11) is 0. The van der Waals surface area contributed by atoms with Crippen LogP contribution in [0.5, 0.6) is 0 Å². The lowest BCUT2D eigenvalue weighted by Crippen LogP contribution is -2.45. The van der Waals surface area contributed by atoms with Crippen molar-refractivity contribution in [2.75, 3.05) is 13.2 Å². The van der Waals surface area contributed by atoms with Gasteiger partial charge >= 0.3 is 0 Å². The minimum atomic E-state index is -0.268. The standard InChI is InChI=1S/C15H26N2O2S/c1-4-19-12(3)15-16-13(10-20-15)9-17-8-6-5-7-14(17)11(2)18/h10-12,14,18H,4-9H2,1-3H3. The van der Waals surface area contributed by atoms with Gasteiger partial charge < -0.3 is 9.84 Å². The van der Waals surface area contributed by atoms with Crippen LogP contribution in [-0.4, -0.2) is 40.3 Å². The molecule has 0 amide bonds. The molecule has 4 nitrogen and oxygen atoms in total. The molecule has 1 aromatic heterocycles. The van der Waals surface area contributed by atoms with E-state index >= 15 is 0 Å². The van der Waals surface area contributed by atoms with Crippen molar-refractivity contribution in [2.45, 2.75) is 64.8 Å². The molecule has 0 aliphatic carbocycles. The summed E-state index contributed by atoms with van der Waals surface area (Å²) in [6.07, 6.45) is 3.33. The minimum absolute atomic E-state index is 0.0765. The summed E-state index contributed by atoms with van der Waals surface area (Å²) in [6, 6.07) is 0.276. The van der Waals surface area contributed by atoms with E-state index in [1.165, 1.54) is 12.8 Å². The highest BCUT2D eigenvalue weighted by Crippen LogP contribution is 2.25. The van der Waals surface area contributed by atoms with Gasteiger partial charge in [-0.25, -0.2) is 4.98 Å². The molecule has 0 bridgehead atoms. The number of likely N-dealkylation sites (tertiary alicyclic amines) is 1. The number of aliphatic hydroxyl groups excluding tert-OH is 1. The van der Waals surface area contributed by atoms with E-state index in [4.69, 9.17) is 4.74 Å². The Balaban J connectivity index is 1.98. The fourth-order valence-corrected chi connectivity index (χ4v) is 3.68. The average Bonchev–Trinajstić information content (AvgIpc) is 2.88. The average molecular weight is 298 g/mol. The van der Waals surface area contributed by atoms with Crippen LogP contribution in [0.3, 0.4) is 0 Å². The second kappa shape index (κ2) is 7.50. The highest BCUT2D eigenvalue weighted by molar-refractivity contribution is 7.09. The third kappa shape index (κ3) is 4.01. The summed E-state index contributed by atoms with van der Waals surface area (Å²) < 4.78 is 5.58. The van der Waals surface area contributed by atoms with Crippen molar-refractivity contribution in [1.82, 2.24) is 9.88 Å². The molecule has 1 aliphatic heterocycles. The van der Waals surface area contributed by atoms with Crippen LogP contribution in [0.25, 0.3) is 0 Å². The van der Waals surface area contributed by atoms with Gasteiger partial charge in [0.25, 0.3) is 0 Å². The van der Waals surface area contributed by atoms with E-state index in [-0.39, 0.29) is 18.2 Å². The van der Waals surface area contributed by atoms with Gasteiger partial charge in [0.15, 0.2) is 0 Å². The van der Waals surface area contributed by atoms with Gasteiger partial charge in [-0.1, -0.05) is 6.42 Å². The van der Waals surface area contributed by atoms with Crippen molar-refractivity contribution in [2.24, 2.45) is 0 Å². The molecule has 0 saturated carbocycles. The molecule has 114 valence electrons. The van der Waals surface area contributed by atoms with Crippen molar-refractivity contribution in [3.8, 4) is 0 Å². The second-order valence-electron chi connectivity index (χ2n) is 5.55. The number of aromatic nitrogens is 1. The van der Waals surface area contributed by atoms with Crippen LogP contribution in [0.1, 0.15) is 56.8 Å². The predicted octanol–water partition coefficient (Wildman–Crippen LogP) is 2.98. The second-order valence-corrected chi connectivity index (χ2v) is 6.44. The smallest absolute Gasteiger partial charge is 0.122 e. The maximum absolute atomic E-state index is 9.91. The number of hydrogen-bond acceptors (Lipinski definition) is 5. The molecule has 1 fully saturated rings. The van der Waals surface area contributed by atoms with E-state index in [0.717, 1.165) is 30.2 Å². The first-order chi connectivity index (χ1) is 9.61. The summed E-state index contributed by atoms with van der Waals surface area (Å²) in [5.41, 5.74) is 1.10. The molecule has 1 N–H and O–H groups in total. The molecule has 1 aromatic rings. The van der Waals surface area contributed by atoms with Gasteiger partial charge in [0, 0.05) is 24.6 Å². The first kappa shape index (κ1) is 15.9. The Labute approximate surface area is 125 Å². The van der Waals surface area contributed by atoms with Crippen LogP contribution in [0, 0.1) is 0 Å². The Morgan fingerprint density at radius 1 is 1.50 bits per heavy atom. The van der Waals surface area contributed by atoms with E-state index in [1.54, 1.807) is 11.3 Å². The number of hydrogen-bond donors (Lipinski definition) is 1. The van der Waals surface area contributed by atoms with Crippen LogP contribution in [0.15, 0.2) is 5.38 Å². The summed E-state index contributed by atoms with van der Waals surface area (Å²) in [5, 5.41) is 13.1. The lowest BCUT2D eigenvalue weighted by Gasteiger charge is -2.37. The molecular weight excluding hydrogens is 272 g/mol. The molecule has 2 rings (SSSR count). The van der Waals surface area contributed by atoms with Gasteiger partial charge in [0.2, 0.25) is 0 Å². The van der Waals surface area contributed by atoms with Crippen molar-refractivity contribution in [3.05, 3.63) is 16.1 Å². The topological polar surface area (TPSA) is 45.6 Å². The lowest BCUT2D eigenvalue weighted by atomic mass is 9.98. The highest BCUT2D eigenvalue weighted by Gasteiger charge is 2.26. The fourth-order valence-electron chi connectivity index (χ4n) is 2.87. The molecule has 5 heteroatoms. The van der Waals surface area contributed by atoms with Crippen LogP contribution in [-0.2, 0) is 11.3 Å². The zero-order valence-corrected chi connectivity index (χ0v) is 13.5. The number of rotatable bonds is 6. The monoisotopic (exact) mass is 298 g/mol. The normalized spacial score (nSPS) is 23.7. The van der Waals surface area contributed by atoms with Crippen LogP contribution in [0.2, 0.25) is 0 Å². The molecule has 3 unspecified atom stereocenters. The van der Waals surface area contributed by atoms with Crippen molar-refractivity contribution in [1.29, 1.82) is 0 Å². The van der Waals surface area contributed by atoms with Gasteiger partial charge in [-0.05, 0) is 40.2 Å². The quantitative estimate of drug-likeness (QED) is 0.877. The van der Waals surface area contributed by atoms with Gasteiger partial charge in [-0.3, -0.25) is 4.90 Å². The number of nitrogens with zero attached hydrogens (tertiary/aromatic N) is 2. The summed E-state index contributed by atoms with van der Waals surface area (Å²) in [5.74, 6) is 0. The molecular formula is C15H26N2O2S. The molecule has 2 heterocycles. The number of ether oxygens (including phenoxy) is 1. The first-order valence-electron chi connectivity index (χ1n) is 7.59. The summed E-state index contributed by atoms with van der Waals surface area (Å²) in [6.45, 7) is 8.56. The van der Waals surface area contributed by atoms with Crippen molar-refractivity contribution < 1.29 is 9.84 Å². The molecule has 20 heavy (non-hydrogen) atoms. The van der Waals surface area contributed by atoms with E-state index in [0.29, 0.717) is 6.61 Å². The molecule has 0 aromatic carbocycles. The molecule has 3 atom stereocenters. The highest BCUT2D eigenvalue weighted by atomic mass is 32.1. The van der Waals surface area contributed by atoms with Gasteiger partial charge in [-0.2, -0.15) is 0 Å². The Morgan fingerprint density at radius 3 is 3.00 bits per heavy atom. The molecule has 1 saturated heterocycles. The van der Waals surface area contributed by atoms with E-state index in [2.05, 4.69) is 15.3 Å². The van der Waals surface area contributed by atoms with E-state index in [1.807, 2.05) is 20.8 Å². The van der Waals surface area contributed by atoms with Gasteiger partial charge in [-0.15, -0.1) is 11.3 Å². The third-order valence-corrected chi connectivity index (χ3v) is 4.97. The van der Waals surface area contributed by atoms with Gasteiger partial charge in [0.1, 0.15) is 11.1 Å². The van der Waals surface area contributed by atoms with E-state index < -0.39 is 0 Å². The zero-order valence-electron chi connectivity index (χ0n) is 12.7. The SMILES string of the molecule is CCOC(C)c1nc(CN2CCCCC2C(C)O)cs1. The Bertz CT molecular complexity index is 408. The third-order valence-electron chi connectivity index (χ3n) is 3.92. The van der Waals surface area contributed by atoms with Crippen LogP contribution < -0.4 is 0 Å². The Kier molecular flexibility index (Phi) is 5.96. The fraction of sp³-hybridized carbons (Fsp3) is 0.800. The maximum Gasteiger partial charge on any atom is 0.122 e. The van der Waals surface area contributed by atoms with Crippen LogP contribution in [0.4, 0.5) is 0 Å². The molecule has 0 spiro atoms. The number of piperidine rings is 1. The predicted molar refractivity (Wildman–Crippen MR) is 81.9 cm³/mol. The lowest BCUT2D eigenvalue weighted by molar-refractivity contribution is 0.0308. The summed E-state index contributed by atoms with van der Waals surface area (Å²) in [4.78, 5) is 7.06. The largest absolute Gasteiger partial charge is 0.392 e. The van der Waals surface area contributed by atoms with Crippen molar-refractivity contribution >= 4 is 11.3 Å². The number of thiazole rings is 1. The number of aliphatic hydroxyl groups is 1. The summed E-state index contributed by atoms with van der Waals surface area (Å²) >= 11 is 1.67. The zero-order chi connectivity index (χ0) is 14.5. The minimum Gasteiger partial charge on any atom is -0.392 e. The van der Waals surface area contributed by atoms with Crippen molar-refractivity contribution in [3.63, 3.8) is 0 Å². The maximum atomic E-state index is 9.91. The first-order valence-corrected chi connectivity index (χ1v) is 8.47. The molecule has 1 aliphatic rings. The molecule has 0 radical (unpaired) electrons. The Morgan fingerprint density at radius 2 is 2.30 bits per heavy atom. The van der Waals surface area contributed by atoms with Gasteiger partial charge in [0.05, 0.1) is 11.8 Å². The van der Waals surface area contributed by atoms with Crippen LogP contribution >= 0.6 is 11.3 Å². The van der Waals surface area contributed by atoms with E-state index in [9.17, 15) is 5.11 Å².